The van der Waals surface area contributed by atoms with Crippen molar-refractivity contribution in [2.24, 2.45) is 0 Å². The Morgan fingerprint density at radius 3 is 2.25 bits per heavy atom. The molecule has 0 heterocycles. The summed E-state index contributed by atoms with van der Waals surface area (Å²) in [4.78, 5) is 19.3. The molecule has 1 N–H and O–H groups in total. The number of amides is 1. The topological polar surface area (TPSA) is 55.4 Å². The molecule has 0 saturated heterocycles. The predicted octanol–water partition coefficient (Wildman–Crippen LogP) is 0.959. The first-order valence-corrected chi connectivity index (χ1v) is 3.33. The van der Waals surface area contributed by atoms with E-state index in [-0.39, 0.29) is 5.97 Å². The van der Waals surface area contributed by atoms with E-state index in [9.17, 15) is 9.59 Å². The highest BCUT2D eigenvalue weighted by atomic mass is 16.5. The zero-order valence-electron chi connectivity index (χ0n) is 7.08. The Morgan fingerprint density at radius 1 is 1.58 bits per heavy atom. The Morgan fingerprint density at radius 2 is 2.17 bits per heavy atom. The standard InChI is InChI=1S/C5H8O2.C3H5NO/c1-3-5(6)7-4-2;1-2-4-3-5/h4H,2-3H2,1H3;2-3H,1H2,(H,4,5). The molecule has 0 aromatic heterocycles. The van der Waals surface area contributed by atoms with Crippen molar-refractivity contribution in [1.82, 2.24) is 5.32 Å². The van der Waals surface area contributed by atoms with Crippen LogP contribution >= 0.6 is 0 Å². The average Bonchev–Trinajstić information content (AvgIpc) is 2.07. The highest BCUT2D eigenvalue weighted by Crippen LogP contribution is 1.81. The monoisotopic (exact) mass is 171 g/mol. The number of nitrogens with one attached hydrogen (secondary N) is 1. The minimum atomic E-state index is -0.241. The molecule has 0 aliphatic rings. The fourth-order valence-corrected chi connectivity index (χ4v) is 0.224. The quantitative estimate of drug-likeness (QED) is 0.389. The summed E-state index contributed by atoms with van der Waals surface area (Å²) in [7, 11) is 0. The summed E-state index contributed by atoms with van der Waals surface area (Å²) < 4.78 is 4.32. The van der Waals surface area contributed by atoms with Crippen LogP contribution in [0.4, 0.5) is 0 Å². The first-order valence-electron chi connectivity index (χ1n) is 3.33. The first kappa shape index (κ1) is 13.0. The molecule has 0 aromatic rings. The number of rotatable bonds is 4. The summed E-state index contributed by atoms with van der Waals surface area (Å²) in [6.45, 7) is 8.14. The summed E-state index contributed by atoms with van der Waals surface area (Å²) in [5.41, 5.74) is 0. The Labute approximate surface area is 71.9 Å². The summed E-state index contributed by atoms with van der Waals surface area (Å²) in [6, 6.07) is 0. The van der Waals surface area contributed by atoms with Crippen LogP contribution in [0.15, 0.2) is 25.6 Å². The Bertz CT molecular complexity index is 148. The molecular weight excluding hydrogens is 158 g/mol. The van der Waals surface area contributed by atoms with Crippen LogP contribution in [-0.2, 0) is 14.3 Å². The van der Waals surface area contributed by atoms with Crippen LogP contribution in [0.3, 0.4) is 0 Å². The lowest BCUT2D eigenvalue weighted by Crippen LogP contribution is -1.96. The van der Waals surface area contributed by atoms with E-state index in [4.69, 9.17) is 0 Å². The minimum Gasteiger partial charge on any atom is -0.435 e. The van der Waals surface area contributed by atoms with Crippen LogP contribution in [0.1, 0.15) is 13.3 Å². The molecule has 0 spiro atoms. The van der Waals surface area contributed by atoms with Gasteiger partial charge in [0.2, 0.25) is 6.41 Å². The molecule has 0 aromatic carbocycles. The molecule has 0 rings (SSSR count). The summed E-state index contributed by atoms with van der Waals surface area (Å²) >= 11 is 0. The van der Waals surface area contributed by atoms with Gasteiger partial charge >= 0.3 is 5.97 Å². The number of carbonyl (C=O) groups excluding carboxylic acids is 2. The van der Waals surface area contributed by atoms with E-state index < -0.39 is 0 Å². The molecule has 4 nitrogen and oxygen atoms in total. The third-order valence-electron chi connectivity index (χ3n) is 0.689. The van der Waals surface area contributed by atoms with E-state index in [1.165, 1.54) is 6.20 Å². The van der Waals surface area contributed by atoms with E-state index in [2.05, 4.69) is 23.2 Å². The molecule has 0 unspecified atom stereocenters. The fourth-order valence-electron chi connectivity index (χ4n) is 0.224. The maximum Gasteiger partial charge on any atom is 0.310 e. The van der Waals surface area contributed by atoms with Crippen molar-refractivity contribution < 1.29 is 14.3 Å². The zero-order chi connectivity index (χ0) is 9.82. The van der Waals surface area contributed by atoms with E-state index in [0.29, 0.717) is 12.8 Å². The van der Waals surface area contributed by atoms with Crippen molar-refractivity contribution in [3.05, 3.63) is 25.6 Å². The third kappa shape index (κ3) is 15.8. The normalized spacial score (nSPS) is 6.75. The van der Waals surface area contributed by atoms with Gasteiger partial charge in [-0.25, -0.2) is 0 Å². The highest BCUT2D eigenvalue weighted by molar-refractivity contribution is 5.69. The van der Waals surface area contributed by atoms with Crippen molar-refractivity contribution in [2.75, 3.05) is 0 Å². The number of hydrogen-bond acceptors (Lipinski definition) is 3. The van der Waals surface area contributed by atoms with Gasteiger partial charge in [0.15, 0.2) is 0 Å². The van der Waals surface area contributed by atoms with Gasteiger partial charge in [-0.2, -0.15) is 0 Å². The summed E-state index contributed by atoms with van der Waals surface area (Å²) in [5, 5.41) is 2.19. The maximum absolute atomic E-state index is 10.1. The van der Waals surface area contributed by atoms with Crippen molar-refractivity contribution in [3.63, 3.8) is 0 Å². The summed E-state index contributed by atoms with van der Waals surface area (Å²) in [6.07, 6.45) is 3.41. The van der Waals surface area contributed by atoms with Crippen LogP contribution < -0.4 is 5.32 Å². The van der Waals surface area contributed by atoms with E-state index in [1.807, 2.05) is 0 Å². The first-order chi connectivity index (χ1) is 5.72. The van der Waals surface area contributed by atoms with Crippen LogP contribution in [0.5, 0.6) is 0 Å². The lowest BCUT2D eigenvalue weighted by molar-refractivity contribution is -0.137. The Hall–Kier alpha value is -1.58. The van der Waals surface area contributed by atoms with Crippen molar-refractivity contribution >= 4 is 12.4 Å². The molecule has 68 valence electrons. The molecule has 12 heavy (non-hydrogen) atoms. The zero-order valence-corrected chi connectivity index (χ0v) is 7.08. The van der Waals surface area contributed by atoms with Crippen LogP contribution in [0.2, 0.25) is 0 Å². The molecule has 0 atom stereocenters. The lowest BCUT2D eigenvalue weighted by Gasteiger charge is -1.88. The largest absolute Gasteiger partial charge is 0.435 e. The molecule has 0 bridgehead atoms. The number of ether oxygens (including phenoxy) is 1. The summed E-state index contributed by atoms with van der Waals surface area (Å²) in [5.74, 6) is -0.241. The number of esters is 1. The smallest absolute Gasteiger partial charge is 0.310 e. The van der Waals surface area contributed by atoms with E-state index >= 15 is 0 Å². The van der Waals surface area contributed by atoms with Gasteiger partial charge in [-0.15, -0.1) is 0 Å². The second-order valence-electron chi connectivity index (χ2n) is 1.50. The lowest BCUT2D eigenvalue weighted by atomic mass is 10.5. The number of carbonyl (C=O) groups is 2. The van der Waals surface area contributed by atoms with E-state index in [0.717, 1.165) is 6.26 Å². The van der Waals surface area contributed by atoms with Gasteiger partial charge in [0, 0.05) is 6.42 Å². The Kier molecular flexibility index (Phi) is 13.2. The van der Waals surface area contributed by atoms with Gasteiger partial charge in [0.1, 0.15) is 0 Å². The second kappa shape index (κ2) is 12.1. The second-order valence-corrected chi connectivity index (χ2v) is 1.50. The van der Waals surface area contributed by atoms with Crippen molar-refractivity contribution in [3.8, 4) is 0 Å². The van der Waals surface area contributed by atoms with Crippen LogP contribution in [-0.4, -0.2) is 12.4 Å². The fraction of sp³-hybridized carbons (Fsp3) is 0.250. The molecule has 0 aliphatic carbocycles. The predicted molar refractivity (Wildman–Crippen MR) is 46.0 cm³/mol. The average molecular weight is 171 g/mol. The minimum absolute atomic E-state index is 0.241. The SMILES string of the molecule is C=CNC=O.C=COC(=O)CC. The van der Waals surface area contributed by atoms with Crippen LogP contribution in [0, 0.1) is 0 Å². The Balaban J connectivity index is 0. The van der Waals surface area contributed by atoms with E-state index in [1.54, 1.807) is 6.92 Å². The molecular formula is C8H13NO3. The van der Waals surface area contributed by atoms with Crippen LogP contribution in [0.25, 0.3) is 0 Å². The molecule has 0 radical (unpaired) electrons. The van der Waals surface area contributed by atoms with Gasteiger partial charge in [0.05, 0.1) is 6.26 Å². The van der Waals surface area contributed by atoms with Gasteiger partial charge in [-0.3, -0.25) is 9.59 Å². The molecule has 0 saturated carbocycles. The van der Waals surface area contributed by atoms with Crippen molar-refractivity contribution in [2.45, 2.75) is 13.3 Å². The maximum atomic E-state index is 10.1. The van der Waals surface area contributed by atoms with Gasteiger partial charge in [-0.05, 0) is 6.20 Å². The number of hydrogen-bond donors (Lipinski definition) is 1. The van der Waals surface area contributed by atoms with Gasteiger partial charge in [-0.1, -0.05) is 20.1 Å². The van der Waals surface area contributed by atoms with Gasteiger partial charge in [0.25, 0.3) is 0 Å². The van der Waals surface area contributed by atoms with Crippen molar-refractivity contribution in [1.29, 1.82) is 0 Å². The molecule has 0 aliphatic heterocycles. The molecule has 4 heteroatoms. The molecule has 1 amide bonds. The van der Waals surface area contributed by atoms with Gasteiger partial charge < -0.3 is 10.1 Å². The third-order valence-corrected chi connectivity index (χ3v) is 0.689. The highest BCUT2D eigenvalue weighted by Gasteiger charge is 1.89. The molecule has 0 fully saturated rings.